The molecule has 1 unspecified atom stereocenters. The Balaban J connectivity index is 2.12. The van der Waals surface area contributed by atoms with Gasteiger partial charge in [-0.25, -0.2) is 4.39 Å². The van der Waals surface area contributed by atoms with Crippen molar-refractivity contribution in [3.63, 3.8) is 0 Å². The number of alkyl halides is 6. The van der Waals surface area contributed by atoms with Crippen molar-refractivity contribution in [2.45, 2.75) is 31.6 Å². The van der Waals surface area contributed by atoms with Crippen LogP contribution in [0, 0.1) is 13.8 Å². The number of hydrogen-bond donors (Lipinski definition) is 1. The van der Waals surface area contributed by atoms with Crippen LogP contribution in [-0.4, -0.2) is 18.5 Å². The molecule has 0 bridgehead atoms. The van der Waals surface area contributed by atoms with Gasteiger partial charge in [-0.2, -0.15) is 22.0 Å². The molecule has 0 saturated heterocycles. The zero-order chi connectivity index (χ0) is 25.1. The Labute approximate surface area is 194 Å². The lowest BCUT2D eigenvalue weighted by molar-refractivity contribution is -0.333. The number of hydrogen-bond acceptors (Lipinski definition) is 3. The molecule has 2 aromatic rings. The average Bonchev–Trinajstić information content (AvgIpc) is 2.70. The first kappa shape index (κ1) is 25.2. The second-order valence-corrected chi connectivity index (χ2v) is 8.16. The fourth-order valence-corrected chi connectivity index (χ4v) is 4.37. The van der Waals surface area contributed by atoms with Gasteiger partial charge in [0.05, 0.1) is 16.3 Å². The number of nitrogens with zero attached hydrogens (tertiary/aromatic N) is 2. The summed E-state index contributed by atoms with van der Waals surface area (Å²) >= 11 is 11.4. The van der Waals surface area contributed by atoms with Gasteiger partial charge in [0.2, 0.25) is 0 Å². The fraction of sp³-hybridized carbons (Fsp3) is 0.286. The molecule has 33 heavy (non-hydrogen) atoms. The van der Waals surface area contributed by atoms with E-state index in [1.807, 2.05) is 0 Å². The zero-order valence-electron chi connectivity index (χ0n) is 17.3. The number of aryl methyl sites for hydroxylation is 1. The van der Waals surface area contributed by atoms with Crippen LogP contribution in [0.25, 0.3) is 11.1 Å². The first-order valence-corrected chi connectivity index (χ1v) is 9.99. The van der Waals surface area contributed by atoms with E-state index in [0.717, 1.165) is 13.0 Å². The number of fused-ring (bicyclic) bond motifs is 1. The molecule has 0 amide bonds. The molecule has 0 fully saturated rings. The summed E-state index contributed by atoms with van der Waals surface area (Å²) in [6.45, 7) is 2.47. The second-order valence-electron chi connectivity index (χ2n) is 7.41. The number of rotatable bonds is 5. The van der Waals surface area contributed by atoms with Crippen LogP contribution in [0.2, 0.25) is 5.02 Å². The number of nitrogens with two attached hydrogens (primary N) is 1. The van der Waals surface area contributed by atoms with Crippen molar-refractivity contribution in [3.8, 4) is 0 Å². The summed E-state index contributed by atoms with van der Waals surface area (Å²) in [6.07, 6.45) is -4.58. The number of anilines is 1. The highest BCUT2D eigenvalue weighted by atomic mass is 35.5. The minimum atomic E-state index is -5.80. The Hall–Kier alpha value is -2.43. The SMILES string of the molecule is C[N-]N(/C=C(\N)c1c(C)cc2c(c1C)C(F)(F)C2(F)C(F)(F)F)c1ccc(Cl)c(C(=O)Cl)c1. The maximum absolute atomic E-state index is 14.5. The zero-order valence-corrected chi connectivity index (χ0v) is 18.8. The molecule has 1 atom stereocenters. The van der Waals surface area contributed by atoms with E-state index < -0.39 is 34.1 Å². The van der Waals surface area contributed by atoms with E-state index in [1.165, 1.54) is 43.4 Å². The molecule has 0 aliphatic heterocycles. The van der Waals surface area contributed by atoms with Crippen molar-refractivity contribution in [1.29, 1.82) is 0 Å². The van der Waals surface area contributed by atoms with E-state index >= 15 is 0 Å². The van der Waals surface area contributed by atoms with Crippen LogP contribution in [-0.2, 0) is 11.6 Å². The quantitative estimate of drug-likeness (QED) is 0.271. The van der Waals surface area contributed by atoms with Gasteiger partial charge in [-0.1, -0.05) is 17.7 Å². The molecule has 0 spiro atoms. The van der Waals surface area contributed by atoms with Gasteiger partial charge in [-0.15, -0.1) is 7.05 Å². The van der Waals surface area contributed by atoms with Gasteiger partial charge < -0.3 is 16.2 Å². The van der Waals surface area contributed by atoms with Crippen LogP contribution in [0.3, 0.4) is 0 Å². The molecule has 178 valence electrons. The Bertz CT molecular complexity index is 1180. The minimum Gasteiger partial charge on any atom is -0.566 e. The number of carbonyl (C=O) groups excluding carboxylic acids is 1. The van der Waals surface area contributed by atoms with Crippen LogP contribution < -0.4 is 10.7 Å². The third kappa shape index (κ3) is 3.64. The summed E-state index contributed by atoms with van der Waals surface area (Å²) < 4.78 is 82.8. The van der Waals surface area contributed by atoms with Gasteiger partial charge in [0.15, 0.2) is 0 Å². The maximum Gasteiger partial charge on any atom is 0.433 e. The summed E-state index contributed by atoms with van der Waals surface area (Å²) in [6, 6.07) is 4.91. The topological polar surface area (TPSA) is 60.4 Å². The Morgan fingerprint density at radius 2 is 1.79 bits per heavy atom. The molecular formula is C21H16Cl2F6N3O-. The Morgan fingerprint density at radius 1 is 1.18 bits per heavy atom. The maximum atomic E-state index is 14.5. The largest absolute Gasteiger partial charge is 0.566 e. The van der Waals surface area contributed by atoms with Gasteiger partial charge in [0.25, 0.3) is 10.9 Å². The van der Waals surface area contributed by atoms with E-state index in [9.17, 15) is 31.1 Å². The fourth-order valence-electron chi connectivity index (χ4n) is 3.96. The van der Waals surface area contributed by atoms with Crippen molar-refractivity contribution >= 4 is 39.8 Å². The summed E-state index contributed by atoms with van der Waals surface area (Å²) in [7, 11) is 1.37. The molecule has 12 heteroatoms. The Morgan fingerprint density at radius 3 is 2.30 bits per heavy atom. The molecular weight excluding hydrogens is 495 g/mol. The first-order valence-electron chi connectivity index (χ1n) is 9.24. The molecule has 0 heterocycles. The molecule has 0 aromatic heterocycles. The molecule has 1 aliphatic carbocycles. The number of carbonyl (C=O) groups is 1. The van der Waals surface area contributed by atoms with E-state index in [0.29, 0.717) is 5.69 Å². The average molecular weight is 511 g/mol. The molecule has 1 aliphatic rings. The van der Waals surface area contributed by atoms with E-state index in [1.54, 1.807) is 0 Å². The molecule has 4 nitrogen and oxygen atoms in total. The Kier molecular flexibility index (Phi) is 6.19. The van der Waals surface area contributed by atoms with Crippen LogP contribution in [0.4, 0.5) is 32.0 Å². The lowest BCUT2D eigenvalue weighted by Gasteiger charge is -2.46. The van der Waals surface area contributed by atoms with Crippen LogP contribution in [0.5, 0.6) is 0 Å². The number of halogens is 8. The van der Waals surface area contributed by atoms with Gasteiger partial charge in [0, 0.05) is 28.6 Å². The smallest absolute Gasteiger partial charge is 0.433 e. The number of benzene rings is 2. The van der Waals surface area contributed by atoms with E-state index in [-0.39, 0.29) is 33.0 Å². The predicted octanol–water partition coefficient (Wildman–Crippen LogP) is 6.85. The van der Waals surface area contributed by atoms with Gasteiger partial charge in [-0.3, -0.25) is 4.79 Å². The van der Waals surface area contributed by atoms with Crippen molar-refractivity contribution in [3.05, 3.63) is 74.3 Å². The minimum absolute atomic E-state index is 0.00825. The first-order chi connectivity index (χ1) is 15.1. The highest BCUT2D eigenvalue weighted by molar-refractivity contribution is 6.68. The van der Waals surface area contributed by atoms with Crippen molar-refractivity contribution in [1.82, 2.24) is 0 Å². The lowest BCUT2D eigenvalue weighted by atomic mass is 9.67. The monoisotopic (exact) mass is 510 g/mol. The molecule has 2 aromatic carbocycles. The van der Waals surface area contributed by atoms with Crippen molar-refractivity contribution in [2.24, 2.45) is 5.73 Å². The molecule has 2 N–H and O–H groups in total. The third-order valence-corrected chi connectivity index (χ3v) is 6.01. The standard InChI is InChI=1S/C21H16Cl2F6N3O/c1-9-6-13-17(20(25,26)19(13,24)21(27,28)29)10(2)16(9)15(30)8-32(31-3)11-4-5-14(22)12(7-11)18(23)33/h4-8H,30H2,1-3H3/q-1/b15-8-. The molecule has 0 saturated carbocycles. The van der Waals surface area contributed by atoms with Crippen molar-refractivity contribution < 1.29 is 31.1 Å². The molecule has 3 rings (SSSR count). The van der Waals surface area contributed by atoms with E-state index in [2.05, 4.69) is 5.43 Å². The third-order valence-electron chi connectivity index (χ3n) is 5.47. The van der Waals surface area contributed by atoms with Crippen LogP contribution in [0.1, 0.15) is 38.2 Å². The van der Waals surface area contributed by atoms with Crippen molar-refractivity contribution in [2.75, 3.05) is 12.1 Å². The van der Waals surface area contributed by atoms with Gasteiger partial charge >= 0.3 is 12.1 Å². The summed E-state index contributed by atoms with van der Waals surface area (Å²) in [5.74, 6) is -4.78. The normalized spacial score (nSPS) is 19.7. The highest BCUT2D eigenvalue weighted by Crippen LogP contribution is 2.67. The van der Waals surface area contributed by atoms with Crippen LogP contribution in [0.15, 0.2) is 30.5 Å². The van der Waals surface area contributed by atoms with Gasteiger partial charge in [-0.05, 0) is 54.8 Å². The predicted molar refractivity (Wildman–Crippen MR) is 114 cm³/mol. The van der Waals surface area contributed by atoms with E-state index in [4.69, 9.17) is 28.9 Å². The summed E-state index contributed by atoms with van der Waals surface area (Å²) in [5.41, 5.74) is 3.03. The lowest BCUT2D eigenvalue weighted by Crippen LogP contribution is -2.59. The second kappa shape index (κ2) is 8.11. The summed E-state index contributed by atoms with van der Waals surface area (Å²) in [5, 5.41) is 0.452. The molecule has 0 radical (unpaired) electrons. The summed E-state index contributed by atoms with van der Waals surface area (Å²) in [4.78, 5) is 11.5. The highest BCUT2D eigenvalue weighted by Gasteiger charge is 2.80. The van der Waals surface area contributed by atoms with Gasteiger partial charge in [0.1, 0.15) is 0 Å². The van der Waals surface area contributed by atoms with Crippen LogP contribution >= 0.6 is 23.2 Å².